The second-order valence-corrected chi connectivity index (χ2v) is 8.31. The Morgan fingerprint density at radius 2 is 1.70 bits per heavy atom. The van der Waals surface area contributed by atoms with Crippen LogP contribution in [0.2, 0.25) is 0 Å². The van der Waals surface area contributed by atoms with E-state index in [0.29, 0.717) is 30.2 Å². The van der Waals surface area contributed by atoms with Gasteiger partial charge >= 0.3 is 0 Å². The van der Waals surface area contributed by atoms with Gasteiger partial charge in [-0.2, -0.15) is 4.31 Å². The summed E-state index contributed by atoms with van der Waals surface area (Å²) in [5, 5.41) is 0. The number of aryl methyl sites for hydroxylation is 2. The van der Waals surface area contributed by atoms with E-state index in [4.69, 9.17) is 4.42 Å². The van der Waals surface area contributed by atoms with Gasteiger partial charge in [0, 0.05) is 18.7 Å². The topological polar surface area (TPSA) is 109 Å². The number of sulfonamides is 1. The third kappa shape index (κ3) is 4.04. The van der Waals surface area contributed by atoms with Gasteiger partial charge in [0.1, 0.15) is 11.5 Å². The predicted octanol–water partition coefficient (Wildman–Crippen LogP) is 1.76. The molecule has 3 rings (SSSR count). The van der Waals surface area contributed by atoms with E-state index >= 15 is 0 Å². The summed E-state index contributed by atoms with van der Waals surface area (Å²) in [6.45, 7) is 4.33. The van der Waals surface area contributed by atoms with Crippen molar-refractivity contribution in [3.05, 3.63) is 53.0 Å². The van der Waals surface area contributed by atoms with E-state index in [1.165, 1.54) is 28.6 Å². The molecule has 1 aromatic carbocycles. The Hall–Kier alpha value is -2.65. The lowest BCUT2D eigenvalue weighted by molar-refractivity contribution is 0.0845. The Kier molecular flexibility index (Phi) is 5.33. The zero-order valence-corrected chi connectivity index (χ0v) is 15.9. The Morgan fingerprint density at radius 1 is 1.04 bits per heavy atom. The molecule has 1 aliphatic rings. The molecule has 0 bridgehead atoms. The zero-order chi connectivity index (χ0) is 19.6. The van der Waals surface area contributed by atoms with Crippen molar-refractivity contribution in [1.82, 2.24) is 15.2 Å². The minimum absolute atomic E-state index is 0.0599. The van der Waals surface area contributed by atoms with Crippen LogP contribution >= 0.6 is 0 Å². The quantitative estimate of drug-likeness (QED) is 0.772. The molecule has 0 atom stereocenters. The van der Waals surface area contributed by atoms with Crippen molar-refractivity contribution in [1.29, 1.82) is 0 Å². The standard InChI is InChI=1S/C18H21N3O5S/c1-12-10-16(13(2)26-12)18(23)20-19-17(22)14-6-5-7-15(11-14)27(24,25)21-8-3-4-9-21/h5-7,10-11H,3-4,8-9H2,1-2H3,(H,19,22)(H,20,23). The molecule has 144 valence electrons. The number of hydrogen-bond acceptors (Lipinski definition) is 5. The molecule has 27 heavy (non-hydrogen) atoms. The van der Waals surface area contributed by atoms with Gasteiger partial charge in [0.2, 0.25) is 10.0 Å². The molecule has 0 unspecified atom stereocenters. The molecule has 1 fully saturated rings. The maximum Gasteiger partial charge on any atom is 0.273 e. The van der Waals surface area contributed by atoms with Crippen LogP contribution in [0.3, 0.4) is 0 Å². The van der Waals surface area contributed by atoms with Crippen LogP contribution in [0.5, 0.6) is 0 Å². The van der Waals surface area contributed by atoms with Crippen molar-refractivity contribution in [2.24, 2.45) is 0 Å². The van der Waals surface area contributed by atoms with Crippen LogP contribution < -0.4 is 10.9 Å². The first-order valence-electron chi connectivity index (χ1n) is 8.57. The molecule has 1 aromatic heterocycles. The molecular formula is C18H21N3O5S. The summed E-state index contributed by atoms with van der Waals surface area (Å²) in [5.74, 6) is -0.0972. The fourth-order valence-corrected chi connectivity index (χ4v) is 4.55. The fraction of sp³-hybridized carbons (Fsp3) is 0.333. The maximum atomic E-state index is 12.6. The molecule has 2 aromatic rings. The molecule has 1 saturated heterocycles. The lowest BCUT2D eigenvalue weighted by Gasteiger charge is -2.16. The summed E-state index contributed by atoms with van der Waals surface area (Å²) in [6.07, 6.45) is 1.66. The van der Waals surface area contributed by atoms with Gasteiger partial charge < -0.3 is 4.42 Å². The summed E-state index contributed by atoms with van der Waals surface area (Å²) in [4.78, 5) is 24.5. The van der Waals surface area contributed by atoms with Crippen LogP contribution in [0.25, 0.3) is 0 Å². The third-order valence-corrected chi connectivity index (χ3v) is 6.27. The van der Waals surface area contributed by atoms with E-state index in [0.717, 1.165) is 12.8 Å². The molecule has 0 aliphatic carbocycles. The lowest BCUT2D eigenvalue weighted by atomic mass is 10.2. The molecular weight excluding hydrogens is 370 g/mol. The van der Waals surface area contributed by atoms with E-state index in [1.54, 1.807) is 19.9 Å². The van der Waals surface area contributed by atoms with Gasteiger partial charge in [0.25, 0.3) is 11.8 Å². The summed E-state index contributed by atoms with van der Waals surface area (Å²) >= 11 is 0. The van der Waals surface area contributed by atoms with Crippen LogP contribution in [-0.2, 0) is 10.0 Å². The van der Waals surface area contributed by atoms with E-state index in [2.05, 4.69) is 10.9 Å². The van der Waals surface area contributed by atoms with Crippen LogP contribution in [-0.4, -0.2) is 37.6 Å². The number of rotatable bonds is 4. The normalized spacial score (nSPS) is 14.9. The fourth-order valence-electron chi connectivity index (χ4n) is 2.98. The minimum Gasteiger partial charge on any atom is -0.466 e. The van der Waals surface area contributed by atoms with Gasteiger partial charge in [-0.05, 0) is 51.0 Å². The molecule has 0 spiro atoms. The molecule has 0 saturated carbocycles. The lowest BCUT2D eigenvalue weighted by Crippen LogP contribution is -2.41. The van der Waals surface area contributed by atoms with E-state index < -0.39 is 21.8 Å². The van der Waals surface area contributed by atoms with Gasteiger partial charge in [-0.3, -0.25) is 20.4 Å². The zero-order valence-electron chi connectivity index (χ0n) is 15.1. The number of benzene rings is 1. The smallest absolute Gasteiger partial charge is 0.273 e. The highest BCUT2D eigenvalue weighted by Gasteiger charge is 2.27. The van der Waals surface area contributed by atoms with Crippen LogP contribution in [0.4, 0.5) is 0 Å². The summed E-state index contributed by atoms with van der Waals surface area (Å²) in [7, 11) is -3.62. The number of nitrogens with one attached hydrogen (secondary N) is 2. The SMILES string of the molecule is Cc1cc(C(=O)NNC(=O)c2cccc(S(=O)(=O)N3CCCC3)c2)c(C)o1. The Balaban J connectivity index is 1.70. The molecule has 2 amide bonds. The Bertz CT molecular complexity index is 975. The summed E-state index contributed by atoms with van der Waals surface area (Å²) < 4.78 is 31.9. The van der Waals surface area contributed by atoms with Crippen LogP contribution in [0, 0.1) is 13.8 Å². The number of hydrogen-bond donors (Lipinski definition) is 2. The van der Waals surface area contributed by atoms with E-state index in [9.17, 15) is 18.0 Å². The molecule has 1 aliphatic heterocycles. The second-order valence-electron chi connectivity index (χ2n) is 6.37. The highest BCUT2D eigenvalue weighted by Crippen LogP contribution is 2.21. The summed E-state index contributed by atoms with van der Waals surface area (Å²) in [6, 6.07) is 7.32. The first-order chi connectivity index (χ1) is 12.8. The molecule has 8 nitrogen and oxygen atoms in total. The van der Waals surface area contributed by atoms with Gasteiger partial charge in [-0.25, -0.2) is 8.42 Å². The van der Waals surface area contributed by atoms with Crippen molar-refractivity contribution in [2.45, 2.75) is 31.6 Å². The van der Waals surface area contributed by atoms with E-state index in [1.807, 2.05) is 0 Å². The summed E-state index contributed by atoms with van der Waals surface area (Å²) in [5.41, 5.74) is 5.05. The third-order valence-electron chi connectivity index (χ3n) is 4.37. The minimum atomic E-state index is -3.62. The maximum absolute atomic E-state index is 12.6. The average molecular weight is 391 g/mol. The number of carbonyl (C=O) groups is 2. The largest absolute Gasteiger partial charge is 0.466 e. The highest BCUT2D eigenvalue weighted by atomic mass is 32.2. The van der Waals surface area contributed by atoms with Crippen LogP contribution in [0.15, 0.2) is 39.6 Å². The number of hydrazine groups is 1. The Morgan fingerprint density at radius 3 is 2.33 bits per heavy atom. The van der Waals surface area contributed by atoms with Crippen molar-refractivity contribution >= 4 is 21.8 Å². The number of carbonyl (C=O) groups excluding carboxylic acids is 2. The molecule has 2 N–H and O–H groups in total. The van der Waals surface area contributed by atoms with Gasteiger partial charge in [0.15, 0.2) is 0 Å². The van der Waals surface area contributed by atoms with Crippen molar-refractivity contribution in [3.8, 4) is 0 Å². The number of nitrogens with zero attached hydrogens (tertiary/aromatic N) is 1. The number of furan rings is 1. The molecule has 0 radical (unpaired) electrons. The van der Waals surface area contributed by atoms with Crippen molar-refractivity contribution in [3.63, 3.8) is 0 Å². The first kappa shape index (κ1) is 19.1. The second kappa shape index (κ2) is 7.53. The highest BCUT2D eigenvalue weighted by molar-refractivity contribution is 7.89. The number of amides is 2. The Labute approximate surface area is 157 Å². The van der Waals surface area contributed by atoms with Crippen molar-refractivity contribution < 1.29 is 22.4 Å². The predicted molar refractivity (Wildman–Crippen MR) is 97.5 cm³/mol. The molecule has 2 heterocycles. The van der Waals surface area contributed by atoms with Crippen molar-refractivity contribution in [2.75, 3.05) is 13.1 Å². The average Bonchev–Trinajstić information content (AvgIpc) is 3.29. The molecule has 9 heteroatoms. The van der Waals surface area contributed by atoms with Gasteiger partial charge in [-0.15, -0.1) is 0 Å². The van der Waals surface area contributed by atoms with Gasteiger partial charge in [-0.1, -0.05) is 6.07 Å². The first-order valence-corrected chi connectivity index (χ1v) is 10.0. The van der Waals surface area contributed by atoms with E-state index in [-0.39, 0.29) is 10.5 Å². The monoisotopic (exact) mass is 391 g/mol. The van der Waals surface area contributed by atoms with Gasteiger partial charge in [0.05, 0.1) is 10.5 Å². The van der Waals surface area contributed by atoms with Crippen LogP contribution in [0.1, 0.15) is 45.1 Å².